The zero-order chi connectivity index (χ0) is 12.4. The van der Waals surface area contributed by atoms with Crippen LogP contribution in [0.25, 0.3) is 0 Å². The molecule has 0 aliphatic heterocycles. The SMILES string of the molecule is CCCCCCOC(=O)O[C@@H](C)C(=O)OC. The number of rotatable bonds is 7. The van der Waals surface area contributed by atoms with Gasteiger partial charge in [0.05, 0.1) is 13.7 Å². The van der Waals surface area contributed by atoms with Crippen LogP contribution in [0.15, 0.2) is 0 Å². The minimum absolute atomic E-state index is 0.326. The molecule has 16 heavy (non-hydrogen) atoms. The molecule has 0 radical (unpaired) electrons. The molecule has 1 atom stereocenters. The maximum Gasteiger partial charge on any atom is 0.509 e. The van der Waals surface area contributed by atoms with E-state index in [0.29, 0.717) is 6.61 Å². The normalized spacial score (nSPS) is 11.7. The molecule has 0 unspecified atom stereocenters. The fraction of sp³-hybridized carbons (Fsp3) is 0.818. The van der Waals surface area contributed by atoms with E-state index in [-0.39, 0.29) is 0 Å². The zero-order valence-electron chi connectivity index (χ0n) is 10.2. The second-order valence-corrected chi connectivity index (χ2v) is 3.44. The van der Waals surface area contributed by atoms with Crippen molar-refractivity contribution in [3.05, 3.63) is 0 Å². The summed E-state index contributed by atoms with van der Waals surface area (Å²) >= 11 is 0. The molecule has 0 bridgehead atoms. The second kappa shape index (κ2) is 9.00. The second-order valence-electron chi connectivity index (χ2n) is 3.44. The smallest absolute Gasteiger partial charge is 0.466 e. The summed E-state index contributed by atoms with van der Waals surface area (Å²) in [5.74, 6) is -0.595. The van der Waals surface area contributed by atoms with Crippen LogP contribution in [-0.2, 0) is 19.0 Å². The maximum absolute atomic E-state index is 11.1. The van der Waals surface area contributed by atoms with Gasteiger partial charge in [-0.1, -0.05) is 26.2 Å². The summed E-state index contributed by atoms with van der Waals surface area (Å²) in [7, 11) is 1.23. The molecule has 0 aromatic carbocycles. The van der Waals surface area contributed by atoms with Crippen LogP contribution in [0.4, 0.5) is 4.79 Å². The van der Waals surface area contributed by atoms with E-state index in [9.17, 15) is 9.59 Å². The number of unbranched alkanes of at least 4 members (excludes halogenated alkanes) is 3. The Morgan fingerprint density at radius 1 is 1.19 bits per heavy atom. The molecule has 0 heterocycles. The highest BCUT2D eigenvalue weighted by atomic mass is 16.7. The summed E-state index contributed by atoms with van der Waals surface area (Å²) in [6, 6.07) is 0. The van der Waals surface area contributed by atoms with E-state index in [1.165, 1.54) is 14.0 Å². The summed E-state index contributed by atoms with van der Waals surface area (Å²) in [5, 5.41) is 0. The molecule has 94 valence electrons. The lowest BCUT2D eigenvalue weighted by Gasteiger charge is -2.10. The average Bonchev–Trinajstić information content (AvgIpc) is 2.27. The first-order valence-corrected chi connectivity index (χ1v) is 5.53. The van der Waals surface area contributed by atoms with E-state index in [0.717, 1.165) is 25.7 Å². The number of hydrogen-bond donors (Lipinski definition) is 0. The predicted molar refractivity (Wildman–Crippen MR) is 58.1 cm³/mol. The van der Waals surface area contributed by atoms with Crippen molar-refractivity contribution in [1.29, 1.82) is 0 Å². The molecule has 0 rings (SSSR count). The molecule has 0 aliphatic rings. The number of methoxy groups -OCH3 is 1. The highest BCUT2D eigenvalue weighted by Crippen LogP contribution is 2.01. The van der Waals surface area contributed by atoms with Crippen molar-refractivity contribution in [3.63, 3.8) is 0 Å². The molecule has 0 spiro atoms. The Balaban J connectivity index is 3.54. The summed E-state index contributed by atoms with van der Waals surface area (Å²) in [6.07, 6.45) is 2.34. The number of ether oxygens (including phenoxy) is 3. The molecule has 0 aromatic heterocycles. The molecule has 0 aromatic rings. The minimum atomic E-state index is -0.923. The molecule has 0 fully saturated rings. The van der Waals surface area contributed by atoms with Crippen molar-refractivity contribution in [2.75, 3.05) is 13.7 Å². The van der Waals surface area contributed by atoms with E-state index >= 15 is 0 Å². The summed E-state index contributed by atoms with van der Waals surface area (Å²) in [5.41, 5.74) is 0. The number of carbonyl (C=O) groups is 2. The highest BCUT2D eigenvalue weighted by molar-refractivity contribution is 5.76. The van der Waals surface area contributed by atoms with E-state index in [4.69, 9.17) is 4.74 Å². The van der Waals surface area contributed by atoms with Gasteiger partial charge in [0.15, 0.2) is 6.10 Å². The standard InChI is InChI=1S/C11H20O5/c1-4-5-6-7-8-15-11(13)16-9(2)10(12)14-3/h9H,4-8H2,1-3H3/t9-/m0/s1. The van der Waals surface area contributed by atoms with Crippen molar-refractivity contribution in [2.45, 2.75) is 45.6 Å². The summed E-state index contributed by atoms with van der Waals surface area (Å²) < 4.78 is 13.9. The molecule has 0 saturated heterocycles. The first kappa shape index (κ1) is 14.7. The van der Waals surface area contributed by atoms with Crippen LogP contribution in [0.3, 0.4) is 0 Å². The van der Waals surface area contributed by atoms with E-state index < -0.39 is 18.2 Å². The van der Waals surface area contributed by atoms with Gasteiger partial charge in [0.25, 0.3) is 0 Å². The van der Waals surface area contributed by atoms with Crippen LogP contribution in [0.5, 0.6) is 0 Å². The van der Waals surface area contributed by atoms with Crippen molar-refractivity contribution in [3.8, 4) is 0 Å². The van der Waals surface area contributed by atoms with Gasteiger partial charge >= 0.3 is 12.1 Å². The molecule has 0 aliphatic carbocycles. The van der Waals surface area contributed by atoms with Crippen LogP contribution in [0, 0.1) is 0 Å². The van der Waals surface area contributed by atoms with Crippen LogP contribution < -0.4 is 0 Å². The topological polar surface area (TPSA) is 61.8 Å². The Hall–Kier alpha value is -1.26. The van der Waals surface area contributed by atoms with Gasteiger partial charge in [0.2, 0.25) is 0 Å². The maximum atomic E-state index is 11.1. The van der Waals surface area contributed by atoms with Crippen LogP contribution in [0.2, 0.25) is 0 Å². The van der Waals surface area contributed by atoms with Crippen LogP contribution in [-0.4, -0.2) is 31.9 Å². The number of hydrogen-bond acceptors (Lipinski definition) is 5. The quantitative estimate of drug-likeness (QED) is 0.497. The van der Waals surface area contributed by atoms with Crippen molar-refractivity contribution in [1.82, 2.24) is 0 Å². The first-order valence-electron chi connectivity index (χ1n) is 5.53. The van der Waals surface area contributed by atoms with E-state index in [1.54, 1.807) is 0 Å². The van der Waals surface area contributed by atoms with Gasteiger partial charge in [-0.3, -0.25) is 0 Å². The Labute approximate surface area is 96.1 Å². The van der Waals surface area contributed by atoms with Gasteiger partial charge in [0.1, 0.15) is 0 Å². The fourth-order valence-corrected chi connectivity index (χ4v) is 1.08. The lowest BCUT2D eigenvalue weighted by Crippen LogP contribution is -2.25. The van der Waals surface area contributed by atoms with Crippen molar-refractivity contribution in [2.24, 2.45) is 0 Å². The number of carbonyl (C=O) groups excluding carboxylic acids is 2. The number of esters is 1. The molecule has 5 heteroatoms. The summed E-state index contributed by atoms with van der Waals surface area (Å²) in [6.45, 7) is 3.87. The van der Waals surface area contributed by atoms with Crippen LogP contribution in [0.1, 0.15) is 39.5 Å². The molecule has 5 nitrogen and oxygen atoms in total. The van der Waals surface area contributed by atoms with Crippen molar-refractivity contribution < 1.29 is 23.8 Å². The Kier molecular flexibility index (Phi) is 8.29. The third-order valence-corrected chi connectivity index (χ3v) is 2.02. The Bertz CT molecular complexity index is 214. The molecule has 0 saturated carbocycles. The van der Waals surface area contributed by atoms with Gasteiger partial charge in [-0.25, -0.2) is 9.59 Å². The average molecular weight is 232 g/mol. The van der Waals surface area contributed by atoms with Gasteiger partial charge in [-0.2, -0.15) is 0 Å². The van der Waals surface area contributed by atoms with Crippen LogP contribution >= 0.6 is 0 Å². The lowest BCUT2D eigenvalue weighted by atomic mass is 10.2. The van der Waals surface area contributed by atoms with E-state index in [2.05, 4.69) is 16.4 Å². The zero-order valence-corrected chi connectivity index (χ0v) is 10.2. The first-order chi connectivity index (χ1) is 7.61. The summed E-state index contributed by atoms with van der Waals surface area (Å²) in [4.78, 5) is 22.0. The van der Waals surface area contributed by atoms with Gasteiger partial charge in [-0.15, -0.1) is 0 Å². The highest BCUT2D eigenvalue weighted by Gasteiger charge is 2.18. The molecule has 0 amide bonds. The molecular weight excluding hydrogens is 212 g/mol. The monoisotopic (exact) mass is 232 g/mol. The Morgan fingerprint density at radius 3 is 2.44 bits per heavy atom. The molecular formula is C11H20O5. The van der Waals surface area contributed by atoms with E-state index in [1.807, 2.05) is 0 Å². The van der Waals surface area contributed by atoms with Gasteiger partial charge in [-0.05, 0) is 13.3 Å². The minimum Gasteiger partial charge on any atom is -0.466 e. The third-order valence-electron chi connectivity index (χ3n) is 2.02. The van der Waals surface area contributed by atoms with Crippen molar-refractivity contribution >= 4 is 12.1 Å². The predicted octanol–water partition coefficient (Wildman–Crippen LogP) is 2.28. The lowest BCUT2D eigenvalue weighted by molar-refractivity contribution is -0.150. The van der Waals surface area contributed by atoms with Gasteiger partial charge in [0, 0.05) is 0 Å². The Morgan fingerprint density at radius 2 is 1.88 bits per heavy atom. The molecule has 0 N–H and O–H groups in total. The largest absolute Gasteiger partial charge is 0.509 e. The fourth-order valence-electron chi connectivity index (χ4n) is 1.08. The van der Waals surface area contributed by atoms with Gasteiger partial charge < -0.3 is 14.2 Å². The third kappa shape index (κ3) is 7.09.